The van der Waals surface area contributed by atoms with Crippen LogP contribution in [0.5, 0.6) is 0 Å². The highest BCUT2D eigenvalue weighted by atomic mass is 16.4. The summed E-state index contributed by atoms with van der Waals surface area (Å²) in [5.74, 6) is -1.40. The summed E-state index contributed by atoms with van der Waals surface area (Å²) in [6.07, 6.45) is 1.45. The topological polar surface area (TPSA) is 80.4 Å². The fourth-order valence-corrected chi connectivity index (χ4v) is 2.10. The number of carboxylic acids is 1. The quantitative estimate of drug-likeness (QED) is 0.747. The fourth-order valence-electron chi connectivity index (χ4n) is 2.10. The van der Waals surface area contributed by atoms with E-state index in [-0.39, 0.29) is 17.0 Å². The smallest absolute Gasteiger partial charge is 0.336 e. The molecule has 3 rings (SSSR count). The summed E-state index contributed by atoms with van der Waals surface area (Å²) in [6.45, 7) is 0. The summed E-state index contributed by atoms with van der Waals surface area (Å²) in [5, 5.41) is 9.14. The Bertz CT molecular complexity index is 837. The number of hydrogen-bond donors (Lipinski definition) is 1. The van der Waals surface area contributed by atoms with Gasteiger partial charge < -0.3 is 9.52 Å². The van der Waals surface area contributed by atoms with Crippen molar-refractivity contribution in [1.29, 1.82) is 0 Å². The van der Waals surface area contributed by atoms with Crippen molar-refractivity contribution < 1.29 is 19.1 Å². The van der Waals surface area contributed by atoms with Crippen molar-refractivity contribution in [2.75, 3.05) is 0 Å². The van der Waals surface area contributed by atoms with Gasteiger partial charge in [-0.05, 0) is 12.1 Å². The molecule has 0 saturated carbocycles. The fraction of sp³-hybridized carbons (Fsp3) is 0. The SMILES string of the molecule is O=C(O)c1ccccc1C(=O)c1ncc(-c2ccccc2)o1. The van der Waals surface area contributed by atoms with Crippen LogP contribution in [-0.2, 0) is 0 Å². The number of aromatic carboxylic acids is 1. The first-order valence-electron chi connectivity index (χ1n) is 6.55. The van der Waals surface area contributed by atoms with E-state index in [9.17, 15) is 9.59 Å². The van der Waals surface area contributed by atoms with E-state index in [0.29, 0.717) is 5.76 Å². The molecule has 0 saturated heterocycles. The molecule has 0 fully saturated rings. The van der Waals surface area contributed by atoms with Crippen molar-refractivity contribution in [1.82, 2.24) is 4.98 Å². The van der Waals surface area contributed by atoms with Crippen molar-refractivity contribution in [3.63, 3.8) is 0 Å². The molecule has 0 bridgehead atoms. The Labute approximate surface area is 125 Å². The average Bonchev–Trinajstić information content (AvgIpc) is 3.05. The zero-order chi connectivity index (χ0) is 15.5. The summed E-state index contributed by atoms with van der Waals surface area (Å²) in [4.78, 5) is 27.5. The average molecular weight is 293 g/mol. The molecule has 0 unspecified atom stereocenters. The van der Waals surface area contributed by atoms with Gasteiger partial charge in [0.2, 0.25) is 5.78 Å². The second-order valence-electron chi connectivity index (χ2n) is 4.58. The zero-order valence-electron chi connectivity index (χ0n) is 11.4. The molecule has 5 heteroatoms. The van der Waals surface area contributed by atoms with Gasteiger partial charge in [0.1, 0.15) is 0 Å². The van der Waals surface area contributed by atoms with Gasteiger partial charge in [0.15, 0.2) is 5.76 Å². The minimum absolute atomic E-state index is 0.0523. The van der Waals surface area contributed by atoms with E-state index < -0.39 is 11.8 Å². The molecule has 108 valence electrons. The maximum atomic E-state index is 12.4. The molecule has 5 nitrogen and oxygen atoms in total. The van der Waals surface area contributed by atoms with E-state index >= 15 is 0 Å². The Balaban J connectivity index is 1.98. The molecule has 22 heavy (non-hydrogen) atoms. The first kappa shape index (κ1) is 13.8. The van der Waals surface area contributed by atoms with Gasteiger partial charge in [-0.3, -0.25) is 4.79 Å². The van der Waals surface area contributed by atoms with Gasteiger partial charge >= 0.3 is 5.97 Å². The van der Waals surface area contributed by atoms with E-state index in [2.05, 4.69) is 4.98 Å². The van der Waals surface area contributed by atoms with Gasteiger partial charge in [0, 0.05) is 11.1 Å². The van der Waals surface area contributed by atoms with Crippen LogP contribution in [0, 0.1) is 0 Å². The van der Waals surface area contributed by atoms with Crippen LogP contribution in [0.4, 0.5) is 0 Å². The lowest BCUT2D eigenvalue weighted by Gasteiger charge is -2.01. The first-order chi connectivity index (χ1) is 10.7. The van der Waals surface area contributed by atoms with Crippen molar-refractivity contribution in [3.05, 3.63) is 77.8 Å². The van der Waals surface area contributed by atoms with Crippen LogP contribution >= 0.6 is 0 Å². The Morgan fingerprint density at radius 1 is 0.909 bits per heavy atom. The molecule has 0 aliphatic carbocycles. The summed E-state index contributed by atoms with van der Waals surface area (Å²) in [6, 6.07) is 15.2. The van der Waals surface area contributed by atoms with Gasteiger partial charge in [-0.1, -0.05) is 42.5 Å². The molecule has 1 aromatic heterocycles. The normalized spacial score (nSPS) is 10.4. The molecule has 0 aliphatic heterocycles. The van der Waals surface area contributed by atoms with Crippen molar-refractivity contribution >= 4 is 11.8 Å². The summed E-state index contributed by atoms with van der Waals surface area (Å²) < 4.78 is 5.47. The second kappa shape index (κ2) is 5.65. The van der Waals surface area contributed by atoms with Crippen LogP contribution in [0.1, 0.15) is 26.6 Å². The predicted molar refractivity (Wildman–Crippen MR) is 78.8 cm³/mol. The minimum atomic E-state index is -1.17. The Kier molecular flexibility index (Phi) is 3.53. The number of hydrogen-bond acceptors (Lipinski definition) is 4. The third-order valence-corrected chi connectivity index (χ3v) is 3.16. The van der Waals surface area contributed by atoms with Crippen LogP contribution in [-0.4, -0.2) is 21.8 Å². The lowest BCUT2D eigenvalue weighted by molar-refractivity contribution is 0.0692. The number of rotatable bonds is 4. The highest BCUT2D eigenvalue weighted by molar-refractivity contribution is 6.12. The lowest BCUT2D eigenvalue weighted by atomic mass is 10.0. The molecule has 1 N–H and O–H groups in total. The Hall–Kier alpha value is -3.21. The van der Waals surface area contributed by atoms with Gasteiger partial charge in [0.05, 0.1) is 11.8 Å². The second-order valence-corrected chi connectivity index (χ2v) is 4.58. The molecular weight excluding hydrogens is 282 g/mol. The number of oxazole rings is 1. The van der Waals surface area contributed by atoms with Crippen molar-refractivity contribution in [2.45, 2.75) is 0 Å². The summed E-state index contributed by atoms with van der Waals surface area (Å²) in [7, 11) is 0. The lowest BCUT2D eigenvalue weighted by Crippen LogP contribution is -2.09. The third-order valence-electron chi connectivity index (χ3n) is 3.16. The maximum absolute atomic E-state index is 12.4. The van der Waals surface area contributed by atoms with Gasteiger partial charge in [-0.15, -0.1) is 0 Å². The molecule has 0 amide bonds. The van der Waals surface area contributed by atoms with E-state index in [0.717, 1.165) is 5.56 Å². The number of ketones is 1. The highest BCUT2D eigenvalue weighted by Gasteiger charge is 2.21. The van der Waals surface area contributed by atoms with Gasteiger partial charge in [0.25, 0.3) is 5.89 Å². The van der Waals surface area contributed by atoms with Crippen LogP contribution < -0.4 is 0 Å². The van der Waals surface area contributed by atoms with Crippen molar-refractivity contribution in [3.8, 4) is 11.3 Å². The van der Waals surface area contributed by atoms with E-state index in [1.165, 1.54) is 18.3 Å². The molecule has 0 atom stereocenters. The monoisotopic (exact) mass is 293 g/mol. The largest absolute Gasteiger partial charge is 0.478 e. The van der Waals surface area contributed by atoms with Gasteiger partial charge in [-0.25, -0.2) is 9.78 Å². The van der Waals surface area contributed by atoms with Crippen LogP contribution in [0.15, 0.2) is 65.2 Å². The first-order valence-corrected chi connectivity index (χ1v) is 6.55. The number of aromatic nitrogens is 1. The minimum Gasteiger partial charge on any atom is -0.478 e. The number of carbonyl (C=O) groups is 2. The van der Waals surface area contributed by atoms with Crippen LogP contribution in [0.3, 0.4) is 0 Å². The number of nitrogens with zero attached hydrogens (tertiary/aromatic N) is 1. The standard InChI is InChI=1S/C17H11NO4/c19-15(12-8-4-5-9-13(12)17(20)21)16-18-10-14(22-16)11-6-2-1-3-7-11/h1-10H,(H,20,21). The number of carbonyl (C=O) groups excluding carboxylic acids is 1. The Morgan fingerprint density at radius 2 is 1.55 bits per heavy atom. The highest BCUT2D eigenvalue weighted by Crippen LogP contribution is 2.22. The van der Waals surface area contributed by atoms with Gasteiger partial charge in [-0.2, -0.15) is 0 Å². The molecule has 3 aromatic rings. The maximum Gasteiger partial charge on any atom is 0.336 e. The molecule has 0 spiro atoms. The summed E-state index contributed by atoms with van der Waals surface area (Å²) >= 11 is 0. The molecular formula is C17H11NO4. The van der Waals surface area contributed by atoms with Crippen LogP contribution in [0.25, 0.3) is 11.3 Å². The molecule has 1 heterocycles. The van der Waals surface area contributed by atoms with E-state index in [1.54, 1.807) is 12.1 Å². The number of carboxylic acid groups (broad SMARTS) is 1. The van der Waals surface area contributed by atoms with Crippen LogP contribution in [0.2, 0.25) is 0 Å². The molecule has 0 radical (unpaired) electrons. The van der Waals surface area contributed by atoms with E-state index in [4.69, 9.17) is 9.52 Å². The zero-order valence-corrected chi connectivity index (χ0v) is 11.4. The third kappa shape index (κ3) is 2.52. The Morgan fingerprint density at radius 3 is 2.23 bits per heavy atom. The summed E-state index contributed by atoms with van der Waals surface area (Å²) in [5.41, 5.74) is 0.768. The molecule has 0 aliphatic rings. The number of benzene rings is 2. The molecule has 2 aromatic carbocycles. The van der Waals surface area contributed by atoms with E-state index in [1.807, 2.05) is 30.3 Å². The van der Waals surface area contributed by atoms with Crippen molar-refractivity contribution in [2.24, 2.45) is 0 Å². The predicted octanol–water partition coefficient (Wildman–Crippen LogP) is 3.27.